The molecule has 1 amide bonds. The second-order valence-electron chi connectivity index (χ2n) is 9.73. The lowest BCUT2D eigenvalue weighted by Gasteiger charge is -2.21. The van der Waals surface area contributed by atoms with Crippen molar-refractivity contribution in [3.05, 3.63) is 52.6 Å². The fraction of sp³-hybridized carbons (Fsp3) is 0.423. The van der Waals surface area contributed by atoms with Crippen LogP contribution in [0.15, 0.2) is 24.3 Å². The van der Waals surface area contributed by atoms with Crippen molar-refractivity contribution in [3.63, 3.8) is 0 Å². The number of fused-ring (bicyclic) bond motifs is 2. The van der Waals surface area contributed by atoms with Crippen LogP contribution in [0.25, 0.3) is 10.9 Å². The van der Waals surface area contributed by atoms with Crippen LogP contribution in [0.1, 0.15) is 46.7 Å². The molecule has 1 aromatic heterocycles. The van der Waals surface area contributed by atoms with Crippen LogP contribution >= 0.6 is 0 Å². The number of hydrogen-bond donors (Lipinski definition) is 3. The van der Waals surface area contributed by atoms with Crippen LogP contribution in [-0.2, 0) is 4.74 Å². The number of nitrogens with two attached hydrogens (primary N) is 1. The number of rotatable bonds is 6. The van der Waals surface area contributed by atoms with Gasteiger partial charge in [-0.05, 0) is 38.1 Å². The minimum Gasteiger partial charge on any atom is -0.399 e. The lowest BCUT2D eigenvalue weighted by molar-refractivity contribution is 0.0752. The number of nitrogen functional groups attached to an aromatic ring is 1. The zero-order chi connectivity index (χ0) is 26.4. The molecule has 0 saturated carbocycles. The van der Waals surface area contributed by atoms with Crippen LogP contribution < -0.4 is 16.4 Å². The molecule has 0 aliphatic carbocycles. The quantitative estimate of drug-likeness (QED) is 0.415. The minimum atomic E-state index is -2.99. The number of amides is 1. The molecular weight excluding hydrogens is 485 g/mol. The van der Waals surface area contributed by atoms with Crippen LogP contribution in [0.4, 0.5) is 30.4 Å². The number of anilines is 3. The number of benzene rings is 2. The van der Waals surface area contributed by atoms with Gasteiger partial charge in [-0.3, -0.25) is 4.79 Å². The van der Waals surface area contributed by atoms with Crippen molar-refractivity contribution in [2.45, 2.75) is 26.3 Å². The number of halogens is 3. The van der Waals surface area contributed by atoms with E-state index in [1.54, 1.807) is 33.0 Å². The summed E-state index contributed by atoms with van der Waals surface area (Å²) in [5, 5.41) is 6.82. The van der Waals surface area contributed by atoms with Crippen molar-refractivity contribution in [1.82, 2.24) is 14.9 Å². The molecule has 2 saturated heterocycles. The molecule has 3 atom stereocenters. The van der Waals surface area contributed by atoms with Crippen molar-refractivity contribution in [1.29, 1.82) is 0 Å². The fourth-order valence-corrected chi connectivity index (χ4v) is 5.26. The molecule has 2 fully saturated rings. The van der Waals surface area contributed by atoms with E-state index in [4.69, 9.17) is 10.5 Å². The number of likely N-dealkylation sites (tertiary alicyclic amines) is 1. The molecule has 2 aliphatic rings. The van der Waals surface area contributed by atoms with E-state index in [0.29, 0.717) is 71.9 Å². The van der Waals surface area contributed by atoms with Crippen LogP contribution in [0.3, 0.4) is 0 Å². The van der Waals surface area contributed by atoms with Gasteiger partial charge in [-0.1, -0.05) is 0 Å². The number of alkyl halides is 2. The Bertz CT molecular complexity index is 1360. The first-order chi connectivity index (χ1) is 17.7. The topological polar surface area (TPSA) is 105 Å². The number of nitrogens with one attached hydrogen (secondary N) is 2. The number of aryl methyl sites for hydroxylation is 1. The van der Waals surface area contributed by atoms with Crippen molar-refractivity contribution in [3.8, 4) is 0 Å². The van der Waals surface area contributed by atoms with Crippen LogP contribution in [0.5, 0.6) is 0 Å². The molecule has 2 aromatic carbocycles. The average Bonchev–Trinajstić information content (AvgIpc) is 3.46. The molecule has 3 aromatic rings. The Hall–Kier alpha value is -3.60. The predicted octanol–water partition coefficient (Wildman–Crippen LogP) is 4.53. The van der Waals surface area contributed by atoms with E-state index in [1.807, 2.05) is 4.90 Å². The number of hydrogen-bond acceptors (Lipinski definition) is 7. The van der Waals surface area contributed by atoms with E-state index >= 15 is 0 Å². The molecule has 3 heterocycles. The Morgan fingerprint density at radius 2 is 1.81 bits per heavy atom. The normalized spacial score (nSPS) is 19.9. The third-order valence-electron chi connectivity index (χ3n) is 7.18. The highest BCUT2D eigenvalue weighted by Gasteiger charge is 2.39. The van der Waals surface area contributed by atoms with Crippen LogP contribution in [0, 0.1) is 24.6 Å². The van der Waals surface area contributed by atoms with E-state index in [9.17, 15) is 18.0 Å². The monoisotopic (exact) mass is 514 g/mol. The van der Waals surface area contributed by atoms with Gasteiger partial charge in [-0.25, -0.2) is 23.1 Å². The Morgan fingerprint density at radius 1 is 1.14 bits per heavy atom. The zero-order valence-corrected chi connectivity index (χ0v) is 20.8. The van der Waals surface area contributed by atoms with Gasteiger partial charge < -0.3 is 26.0 Å². The average molecular weight is 515 g/mol. The lowest BCUT2D eigenvalue weighted by atomic mass is 10.0. The van der Waals surface area contributed by atoms with Crippen LogP contribution in [0.2, 0.25) is 0 Å². The van der Waals surface area contributed by atoms with E-state index in [2.05, 4.69) is 20.6 Å². The van der Waals surface area contributed by atoms with Gasteiger partial charge >= 0.3 is 0 Å². The second-order valence-corrected chi connectivity index (χ2v) is 9.73. The summed E-state index contributed by atoms with van der Waals surface area (Å²) in [5.74, 6) is 0.459. The molecule has 4 N–H and O–H groups in total. The summed E-state index contributed by atoms with van der Waals surface area (Å²) in [6, 6.07) is 5.05. The Labute approximate surface area is 212 Å². The van der Waals surface area contributed by atoms with E-state index in [1.165, 1.54) is 6.07 Å². The Balaban J connectivity index is 1.50. The van der Waals surface area contributed by atoms with Crippen molar-refractivity contribution in [2.24, 2.45) is 11.8 Å². The molecule has 11 heteroatoms. The molecule has 2 unspecified atom stereocenters. The van der Waals surface area contributed by atoms with Gasteiger partial charge in [0.2, 0.25) is 0 Å². The molecule has 37 heavy (non-hydrogen) atoms. The Kier molecular flexibility index (Phi) is 6.57. The van der Waals surface area contributed by atoms with E-state index in [-0.39, 0.29) is 17.2 Å². The Morgan fingerprint density at radius 3 is 2.46 bits per heavy atom. The first-order valence-electron chi connectivity index (χ1n) is 12.2. The number of ether oxygens (including phenoxy) is 1. The highest BCUT2D eigenvalue weighted by molar-refractivity contribution is 6.05. The van der Waals surface area contributed by atoms with Gasteiger partial charge in [-0.2, -0.15) is 0 Å². The molecular formula is C26H29F3N6O2. The third-order valence-corrected chi connectivity index (χ3v) is 7.18. The summed E-state index contributed by atoms with van der Waals surface area (Å²) in [5.41, 5.74) is 6.71. The van der Waals surface area contributed by atoms with Crippen molar-refractivity contribution < 1.29 is 22.7 Å². The maximum atomic E-state index is 14.9. The summed E-state index contributed by atoms with van der Waals surface area (Å²) >= 11 is 0. The minimum absolute atomic E-state index is 0.00362. The van der Waals surface area contributed by atoms with Gasteiger partial charge in [0.05, 0.1) is 35.9 Å². The van der Waals surface area contributed by atoms with E-state index in [0.717, 1.165) is 6.07 Å². The molecule has 8 nitrogen and oxygen atoms in total. The van der Waals surface area contributed by atoms with Gasteiger partial charge in [0, 0.05) is 54.3 Å². The van der Waals surface area contributed by atoms with Gasteiger partial charge in [0.25, 0.3) is 12.3 Å². The number of carbonyl (C=O) groups is 1. The standard InChI is InChI=1S/C26H29F3N6O2/c1-12(17-4-16(30)5-20(23(17)27)24(28)29)32-25-18-6-21(31-3)19(7-22(18)33-13(2)34-25)26(36)35-8-14-10-37-11-15(14)9-35/h4-7,12,14-15,24,31H,8-11,30H2,1-3H3,(H,32,33,34)/t12-,14?,15?/m1/s1. The molecule has 196 valence electrons. The van der Waals surface area contributed by atoms with Gasteiger partial charge in [0.15, 0.2) is 0 Å². The van der Waals surface area contributed by atoms with E-state index < -0.39 is 23.8 Å². The fourth-order valence-electron chi connectivity index (χ4n) is 5.26. The highest BCUT2D eigenvalue weighted by atomic mass is 19.3. The smallest absolute Gasteiger partial charge is 0.266 e. The van der Waals surface area contributed by atoms with Gasteiger partial charge in [0.1, 0.15) is 17.5 Å². The summed E-state index contributed by atoms with van der Waals surface area (Å²) in [7, 11) is 1.73. The molecule has 5 rings (SSSR count). The van der Waals surface area contributed by atoms with Crippen molar-refractivity contribution >= 4 is 34.0 Å². The zero-order valence-electron chi connectivity index (χ0n) is 20.8. The second kappa shape index (κ2) is 9.70. The number of aromatic nitrogens is 2. The maximum absolute atomic E-state index is 14.9. The largest absolute Gasteiger partial charge is 0.399 e. The predicted molar refractivity (Wildman–Crippen MR) is 135 cm³/mol. The van der Waals surface area contributed by atoms with Gasteiger partial charge in [-0.15, -0.1) is 0 Å². The van der Waals surface area contributed by atoms with Crippen molar-refractivity contribution in [2.75, 3.05) is 49.7 Å². The summed E-state index contributed by atoms with van der Waals surface area (Å²) < 4.78 is 47.0. The SMILES string of the molecule is CNc1cc2c(N[C@H](C)c3cc(N)cc(C(F)F)c3F)nc(C)nc2cc1C(=O)N1CC2COCC2C1. The molecule has 0 radical (unpaired) electrons. The molecule has 0 bridgehead atoms. The molecule has 2 aliphatic heterocycles. The first-order valence-corrected chi connectivity index (χ1v) is 12.2. The maximum Gasteiger partial charge on any atom is 0.266 e. The first kappa shape index (κ1) is 25.1. The lowest BCUT2D eigenvalue weighted by Crippen LogP contribution is -2.30. The molecule has 0 spiro atoms. The number of nitrogens with zero attached hydrogens (tertiary/aromatic N) is 3. The third kappa shape index (κ3) is 4.63. The number of carbonyl (C=O) groups excluding carboxylic acids is 1. The summed E-state index contributed by atoms with van der Waals surface area (Å²) in [6.45, 7) is 6.02. The summed E-state index contributed by atoms with van der Waals surface area (Å²) in [6.07, 6.45) is -2.99. The van der Waals surface area contributed by atoms with Crippen LogP contribution in [-0.4, -0.2) is 54.1 Å². The highest BCUT2D eigenvalue weighted by Crippen LogP contribution is 2.35. The summed E-state index contributed by atoms with van der Waals surface area (Å²) in [4.78, 5) is 24.3.